The van der Waals surface area contributed by atoms with Gasteiger partial charge in [0.1, 0.15) is 11.2 Å². The average Bonchev–Trinajstić information content (AvgIpc) is 2.39. The third-order valence-electron chi connectivity index (χ3n) is 2.90. The predicted octanol–water partition coefficient (Wildman–Crippen LogP) is 1.68. The highest BCUT2D eigenvalue weighted by atomic mass is 19.1. The van der Waals surface area contributed by atoms with Crippen LogP contribution in [0.3, 0.4) is 0 Å². The number of carbonyl (C=O) groups is 2. The first-order valence-corrected chi connectivity index (χ1v) is 5.99. The van der Waals surface area contributed by atoms with Gasteiger partial charge >= 0.3 is 5.97 Å². The summed E-state index contributed by atoms with van der Waals surface area (Å²) in [7, 11) is 1.23. The summed E-state index contributed by atoms with van der Waals surface area (Å²) in [6, 6.07) is 6.37. The van der Waals surface area contributed by atoms with Gasteiger partial charge in [-0.25, -0.2) is 4.39 Å². The van der Waals surface area contributed by atoms with Crippen molar-refractivity contribution in [2.24, 2.45) is 5.41 Å². The Morgan fingerprint density at radius 2 is 1.95 bits per heavy atom. The summed E-state index contributed by atoms with van der Waals surface area (Å²) < 4.78 is 17.9. The number of hydrogen-bond donors (Lipinski definition) is 1. The number of hydrogen-bond acceptors (Lipinski definition) is 3. The number of esters is 1. The van der Waals surface area contributed by atoms with E-state index in [-0.39, 0.29) is 12.4 Å². The van der Waals surface area contributed by atoms with Crippen LogP contribution in [0.2, 0.25) is 0 Å². The van der Waals surface area contributed by atoms with Gasteiger partial charge in [-0.3, -0.25) is 9.59 Å². The molecule has 0 unspecified atom stereocenters. The standard InChI is InChI=1S/C14H18FNO3/c1-14(2,13(18)19-3)12(17)16-9-8-10-6-4-5-7-11(10)15/h4-7H,8-9H2,1-3H3,(H,16,17). The number of methoxy groups -OCH3 is 1. The maximum Gasteiger partial charge on any atom is 0.320 e. The average molecular weight is 267 g/mol. The van der Waals surface area contributed by atoms with E-state index < -0.39 is 17.3 Å². The minimum absolute atomic E-state index is 0.264. The fourth-order valence-corrected chi connectivity index (χ4v) is 1.58. The Morgan fingerprint density at radius 1 is 1.32 bits per heavy atom. The van der Waals surface area contributed by atoms with E-state index in [0.717, 1.165) is 0 Å². The Labute approximate surface area is 112 Å². The molecule has 0 aliphatic rings. The van der Waals surface area contributed by atoms with E-state index in [1.807, 2.05) is 0 Å². The van der Waals surface area contributed by atoms with E-state index in [2.05, 4.69) is 10.1 Å². The lowest BCUT2D eigenvalue weighted by molar-refractivity contribution is -0.156. The van der Waals surface area contributed by atoms with Crippen LogP contribution in [0.5, 0.6) is 0 Å². The van der Waals surface area contributed by atoms with Crippen LogP contribution in [0, 0.1) is 11.2 Å². The molecular weight excluding hydrogens is 249 g/mol. The molecule has 4 nitrogen and oxygen atoms in total. The van der Waals surface area contributed by atoms with Crippen molar-refractivity contribution in [2.75, 3.05) is 13.7 Å². The van der Waals surface area contributed by atoms with E-state index >= 15 is 0 Å². The van der Waals surface area contributed by atoms with E-state index in [0.29, 0.717) is 12.0 Å². The molecular formula is C14H18FNO3. The fourth-order valence-electron chi connectivity index (χ4n) is 1.58. The maximum atomic E-state index is 13.3. The number of amides is 1. The summed E-state index contributed by atoms with van der Waals surface area (Å²) in [5.74, 6) is -1.34. The van der Waals surface area contributed by atoms with Crippen molar-refractivity contribution in [3.63, 3.8) is 0 Å². The van der Waals surface area contributed by atoms with E-state index in [1.54, 1.807) is 18.2 Å². The van der Waals surface area contributed by atoms with Crippen LogP contribution in [0.4, 0.5) is 4.39 Å². The van der Waals surface area contributed by atoms with E-state index in [1.165, 1.54) is 27.0 Å². The molecule has 1 amide bonds. The minimum Gasteiger partial charge on any atom is -0.468 e. The molecule has 0 aliphatic carbocycles. The Balaban J connectivity index is 2.52. The normalized spacial score (nSPS) is 10.9. The molecule has 1 N–H and O–H groups in total. The highest BCUT2D eigenvalue weighted by Crippen LogP contribution is 2.17. The summed E-state index contributed by atoms with van der Waals surface area (Å²) in [6.07, 6.45) is 0.371. The van der Waals surface area contributed by atoms with E-state index in [4.69, 9.17) is 0 Å². The first-order chi connectivity index (χ1) is 8.89. The van der Waals surface area contributed by atoms with Gasteiger partial charge in [-0.1, -0.05) is 18.2 Å². The van der Waals surface area contributed by atoms with Gasteiger partial charge in [0.15, 0.2) is 0 Å². The summed E-state index contributed by atoms with van der Waals surface area (Å²) in [4.78, 5) is 23.3. The van der Waals surface area contributed by atoms with Gasteiger partial charge in [-0.15, -0.1) is 0 Å². The zero-order chi connectivity index (χ0) is 14.5. The number of benzene rings is 1. The van der Waals surface area contributed by atoms with Crippen molar-refractivity contribution in [1.82, 2.24) is 5.32 Å². The second kappa shape index (κ2) is 6.31. The Bertz CT molecular complexity index is 472. The molecule has 0 saturated carbocycles. The molecule has 104 valence electrons. The summed E-state index contributed by atoms with van der Waals surface area (Å²) in [6.45, 7) is 3.23. The lowest BCUT2D eigenvalue weighted by Crippen LogP contribution is -2.43. The van der Waals surface area contributed by atoms with Gasteiger partial charge < -0.3 is 10.1 Å². The predicted molar refractivity (Wildman–Crippen MR) is 68.9 cm³/mol. The first kappa shape index (κ1) is 15.1. The molecule has 1 aromatic rings. The topological polar surface area (TPSA) is 55.4 Å². The molecule has 0 aromatic heterocycles. The van der Waals surface area contributed by atoms with Crippen LogP contribution in [0.25, 0.3) is 0 Å². The maximum absolute atomic E-state index is 13.3. The summed E-state index contributed by atoms with van der Waals surface area (Å²) in [5, 5.41) is 2.61. The quantitative estimate of drug-likeness (QED) is 0.652. The zero-order valence-corrected chi connectivity index (χ0v) is 11.3. The SMILES string of the molecule is COC(=O)C(C)(C)C(=O)NCCc1ccccc1F. The minimum atomic E-state index is -1.25. The van der Waals surface area contributed by atoms with Gasteiger partial charge in [-0.05, 0) is 31.9 Å². The van der Waals surface area contributed by atoms with Crippen molar-refractivity contribution < 1.29 is 18.7 Å². The molecule has 5 heteroatoms. The molecule has 0 aliphatic heterocycles. The number of nitrogens with one attached hydrogen (secondary N) is 1. The fraction of sp³-hybridized carbons (Fsp3) is 0.429. The lowest BCUT2D eigenvalue weighted by Gasteiger charge is -2.20. The third kappa shape index (κ3) is 3.77. The zero-order valence-electron chi connectivity index (χ0n) is 11.3. The van der Waals surface area contributed by atoms with Gasteiger partial charge in [0.2, 0.25) is 5.91 Å². The van der Waals surface area contributed by atoms with Gasteiger partial charge in [0.25, 0.3) is 0 Å². The Morgan fingerprint density at radius 3 is 2.53 bits per heavy atom. The highest BCUT2D eigenvalue weighted by Gasteiger charge is 2.36. The smallest absolute Gasteiger partial charge is 0.320 e. The van der Waals surface area contributed by atoms with Crippen LogP contribution >= 0.6 is 0 Å². The van der Waals surface area contributed by atoms with Crippen molar-refractivity contribution in [2.45, 2.75) is 20.3 Å². The molecule has 19 heavy (non-hydrogen) atoms. The molecule has 0 saturated heterocycles. The van der Waals surface area contributed by atoms with Crippen LogP contribution < -0.4 is 5.32 Å². The lowest BCUT2D eigenvalue weighted by atomic mass is 9.92. The van der Waals surface area contributed by atoms with Crippen molar-refractivity contribution >= 4 is 11.9 Å². The molecule has 0 radical (unpaired) electrons. The van der Waals surface area contributed by atoms with Crippen LogP contribution in [0.1, 0.15) is 19.4 Å². The first-order valence-electron chi connectivity index (χ1n) is 5.99. The molecule has 0 spiro atoms. The third-order valence-corrected chi connectivity index (χ3v) is 2.90. The highest BCUT2D eigenvalue weighted by molar-refractivity contribution is 6.01. The van der Waals surface area contributed by atoms with Crippen LogP contribution in [-0.4, -0.2) is 25.5 Å². The number of halogens is 1. The van der Waals surface area contributed by atoms with Gasteiger partial charge in [0.05, 0.1) is 7.11 Å². The molecule has 1 rings (SSSR count). The number of ether oxygens (including phenoxy) is 1. The Kier molecular flexibility index (Phi) is 5.03. The largest absolute Gasteiger partial charge is 0.468 e. The number of carbonyl (C=O) groups excluding carboxylic acids is 2. The summed E-state index contributed by atoms with van der Waals surface area (Å²) >= 11 is 0. The second-order valence-electron chi connectivity index (χ2n) is 4.71. The molecule has 0 atom stereocenters. The van der Waals surface area contributed by atoms with E-state index in [9.17, 15) is 14.0 Å². The Hall–Kier alpha value is -1.91. The van der Waals surface area contributed by atoms with Crippen LogP contribution in [-0.2, 0) is 20.7 Å². The molecule has 0 heterocycles. The monoisotopic (exact) mass is 267 g/mol. The molecule has 0 fully saturated rings. The van der Waals surface area contributed by atoms with Crippen molar-refractivity contribution in [3.05, 3.63) is 35.6 Å². The molecule has 0 bridgehead atoms. The van der Waals surface area contributed by atoms with Crippen molar-refractivity contribution in [1.29, 1.82) is 0 Å². The van der Waals surface area contributed by atoms with Crippen LogP contribution in [0.15, 0.2) is 24.3 Å². The van der Waals surface area contributed by atoms with Crippen molar-refractivity contribution in [3.8, 4) is 0 Å². The number of rotatable bonds is 5. The second-order valence-corrected chi connectivity index (χ2v) is 4.71. The summed E-state index contributed by atoms with van der Waals surface area (Å²) in [5.41, 5.74) is -0.719. The van der Waals surface area contributed by atoms with Gasteiger partial charge in [0, 0.05) is 6.54 Å². The molecule has 1 aromatic carbocycles. The van der Waals surface area contributed by atoms with Gasteiger partial charge in [-0.2, -0.15) is 0 Å².